The van der Waals surface area contributed by atoms with Gasteiger partial charge in [-0.2, -0.15) is 0 Å². The van der Waals surface area contributed by atoms with Crippen LogP contribution in [0.1, 0.15) is 5.69 Å². The quantitative estimate of drug-likeness (QED) is 0.797. The SMILES string of the molecule is COc1ccccc1-n1nnc(CN)c1-c1ccccc1. The van der Waals surface area contributed by atoms with Crippen molar-refractivity contribution in [2.24, 2.45) is 5.73 Å². The lowest BCUT2D eigenvalue weighted by molar-refractivity contribution is 0.411. The molecule has 5 heteroatoms. The summed E-state index contributed by atoms with van der Waals surface area (Å²) in [6.45, 7) is 0.333. The normalized spacial score (nSPS) is 10.6. The summed E-state index contributed by atoms with van der Waals surface area (Å²) in [5.41, 5.74) is 9.31. The molecular weight excluding hydrogens is 264 g/mol. The molecule has 3 rings (SSSR count). The number of rotatable bonds is 4. The van der Waals surface area contributed by atoms with Gasteiger partial charge in [0.1, 0.15) is 17.1 Å². The zero-order valence-electron chi connectivity index (χ0n) is 11.7. The fourth-order valence-electron chi connectivity index (χ4n) is 2.31. The summed E-state index contributed by atoms with van der Waals surface area (Å²) < 4.78 is 7.19. The Morgan fingerprint density at radius 1 is 1.05 bits per heavy atom. The minimum Gasteiger partial charge on any atom is -0.494 e. The minimum absolute atomic E-state index is 0.333. The molecule has 0 bridgehead atoms. The van der Waals surface area contributed by atoms with E-state index in [1.54, 1.807) is 11.8 Å². The van der Waals surface area contributed by atoms with Gasteiger partial charge in [0.25, 0.3) is 0 Å². The first-order valence-electron chi connectivity index (χ1n) is 6.68. The van der Waals surface area contributed by atoms with Crippen molar-refractivity contribution in [2.45, 2.75) is 6.54 Å². The highest BCUT2D eigenvalue weighted by molar-refractivity contribution is 5.65. The van der Waals surface area contributed by atoms with Gasteiger partial charge in [-0.3, -0.25) is 0 Å². The Hall–Kier alpha value is -2.66. The van der Waals surface area contributed by atoms with E-state index in [1.165, 1.54) is 0 Å². The number of hydrogen-bond acceptors (Lipinski definition) is 4. The Kier molecular flexibility index (Phi) is 3.66. The maximum Gasteiger partial charge on any atom is 0.144 e. The molecule has 1 heterocycles. The molecule has 2 aromatic carbocycles. The molecule has 0 aliphatic carbocycles. The molecule has 0 unspecified atom stereocenters. The van der Waals surface area contributed by atoms with E-state index in [0.29, 0.717) is 6.54 Å². The summed E-state index contributed by atoms with van der Waals surface area (Å²) in [5.74, 6) is 0.739. The van der Waals surface area contributed by atoms with Gasteiger partial charge in [0.15, 0.2) is 0 Å². The molecular formula is C16H16N4O. The van der Waals surface area contributed by atoms with Gasteiger partial charge in [0.2, 0.25) is 0 Å². The summed E-state index contributed by atoms with van der Waals surface area (Å²) in [5, 5.41) is 8.44. The Labute approximate surface area is 123 Å². The molecule has 2 N–H and O–H groups in total. The predicted molar refractivity (Wildman–Crippen MR) is 81.2 cm³/mol. The number of benzene rings is 2. The molecule has 1 aromatic heterocycles. The third kappa shape index (κ3) is 2.39. The number of nitrogens with zero attached hydrogens (tertiary/aromatic N) is 3. The van der Waals surface area contributed by atoms with Crippen LogP contribution in [0.25, 0.3) is 16.9 Å². The van der Waals surface area contributed by atoms with Crippen LogP contribution in [-0.4, -0.2) is 22.1 Å². The van der Waals surface area contributed by atoms with Crippen molar-refractivity contribution in [3.63, 3.8) is 0 Å². The maximum absolute atomic E-state index is 5.80. The van der Waals surface area contributed by atoms with Gasteiger partial charge < -0.3 is 10.5 Å². The molecule has 3 aromatic rings. The van der Waals surface area contributed by atoms with Crippen molar-refractivity contribution in [2.75, 3.05) is 7.11 Å². The van der Waals surface area contributed by atoms with E-state index in [0.717, 1.165) is 28.4 Å². The highest BCUT2D eigenvalue weighted by atomic mass is 16.5. The predicted octanol–water partition coefficient (Wildman–Crippen LogP) is 2.40. The Balaban J connectivity index is 2.23. The first kappa shape index (κ1) is 13.3. The second-order valence-electron chi connectivity index (χ2n) is 4.54. The molecule has 0 saturated heterocycles. The molecule has 0 aliphatic rings. The van der Waals surface area contributed by atoms with Crippen LogP contribution in [0.4, 0.5) is 0 Å². The van der Waals surface area contributed by atoms with Crippen LogP contribution in [0, 0.1) is 0 Å². The van der Waals surface area contributed by atoms with Gasteiger partial charge in [-0.1, -0.05) is 47.7 Å². The third-order valence-corrected chi connectivity index (χ3v) is 3.29. The smallest absolute Gasteiger partial charge is 0.144 e. The topological polar surface area (TPSA) is 66.0 Å². The third-order valence-electron chi connectivity index (χ3n) is 3.29. The zero-order chi connectivity index (χ0) is 14.7. The number of hydrogen-bond donors (Lipinski definition) is 1. The van der Waals surface area contributed by atoms with Crippen molar-refractivity contribution in [3.8, 4) is 22.7 Å². The second-order valence-corrected chi connectivity index (χ2v) is 4.54. The van der Waals surface area contributed by atoms with Crippen molar-refractivity contribution in [1.29, 1.82) is 0 Å². The molecule has 0 aliphatic heterocycles. The van der Waals surface area contributed by atoms with Gasteiger partial charge in [0.05, 0.1) is 12.8 Å². The van der Waals surface area contributed by atoms with E-state index < -0.39 is 0 Å². The fourth-order valence-corrected chi connectivity index (χ4v) is 2.31. The number of aromatic nitrogens is 3. The molecule has 0 fully saturated rings. The highest BCUT2D eigenvalue weighted by Crippen LogP contribution is 2.29. The van der Waals surface area contributed by atoms with Gasteiger partial charge in [0, 0.05) is 12.1 Å². The molecule has 0 spiro atoms. The zero-order valence-corrected chi connectivity index (χ0v) is 11.7. The van der Waals surface area contributed by atoms with E-state index >= 15 is 0 Å². The van der Waals surface area contributed by atoms with Crippen molar-refractivity contribution >= 4 is 0 Å². The molecule has 0 radical (unpaired) electrons. The van der Waals surface area contributed by atoms with Crippen LogP contribution in [-0.2, 0) is 6.54 Å². The summed E-state index contributed by atoms with van der Waals surface area (Å²) in [4.78, 5) is 0. The van der Waals surface area contributed by atoms with Gasteiger partial charge in [-0.05, 0) is 12.1 Å². The standard InChI is InChI=1S/C16H16N4O/c1-21-15-10-6-5-9-14(15)20-16(13(11-17)18-19-20)12-7-3-2-4-8-12/h2-10H,11,17H2,1H3. The number of methoxy groups -OCH3 is 1. The Morgan fingerprint density at radius 3 is 2.48 bits per heavy atom. The number of nitrogens with two attached hydrogens (primary N) is 1. The fraction of sp³-hybridized carbons (Fsp3) is 0.125. The van der Waals surface area contributed by atoms with Crippen molar-refractivity contribution in [3.05, 3.63) is 60.3 Å². The minimum atomic E-state index is 0.333. The second kappa shape index (κ2) is 5.76. The van der Waals surface area contributed by atoms with Crippen LogP contribution in [0.2, 0.25) is 0 Å². The molecule has 0 saturated carbocycles. The average Bonchev–Trinajstić information content (AvgIpc) is 2.99. The van der Waals surface area contributed by atoms with Crippen molar-refractivity contribution in [1.82, 2.24) is 15.0 Å². The lowest BCUT2D eigenvalue weighted by Gasteiger charge is -2.11. The van der Waals surface area contributed by atoms with E-state index in [2.05, 4.69) is 10.3 Å². The summed E-state index contributed by atoms with van der Waals surface area (Å²) >= 11 is 0. The number of para-hydroxylation sites is 2. The van der Waals surface area contributed by atoms with Crippen LogP contribution >= 0.6 is 0 Å². The monoisotopic (exact) mass is 280 g/mol. The van der Waals surface area contributed by atoms with Gasteiger partial charge in [-0.25, -0.2) is 4.68 Å². The Morgan fingerprint density at radius 2 is 1.76 bits per heavy atom. The first-order valence-corrected chi connectivity index (χ1v) is 6.68. The number of ether oxygens (including phenoxy) is 1. The highest BCUT2D eigenvalue weighted by Gasteiger charge is 2.17. The van der Waals surface area contributed by atoms with Crippen molar-refractivity contribution < 1.29 is 4.74 Å². The molecule has 0 amide bonds. The lowest BCUT2D eigenvalue weighted by Crippen LogP contribution is -2.04. The van der Waals surface area contributed by atoms with E-state index in [-0.39, 0.29) is 0 Å². The molecule has 21 heavy (non-hydrogen) atoms. The largest absolute Gasteiger partial charge is 0.494 e. The van der Waals surface area contributed by atoms with E-state index in [9.17, 15) is 0 Å². The molecule has 0 atom stereocenters. The first-order chi connectivity index (χ1) is 10.3. The van der Waals surface area contributed by atoms with Crippen LogP contribution in [0.15, 0.2) is 54.6 Å². The average molecular weight is 280 g/mol. The van der Waals surface area contributed by atoms with Gasteiger partial charge >= 0.3 is 0 Å². The van der Waals surface area contributed by atoms with E-state index in [1.807, 2.05) is 54.6 Å². The summed E-state index contributed by atoms with van der Waals surface area (Å²) in [6, 6.07) is 17.7. The van der Waals surface area contributed by atoms with Crippen LogP contribution in [0.5, 0.6) is 5.75 Å². The van der Waals surface area contributed by atoms with Crippen LogP contribution < -0.4 is 10.5 Å². The summed E-state index contributed by atoms with van der Waals surface area (Å²) in [7, 11) is 1.64. The molecule has 5 nitrogen and oxygen atoms in total. The molecule has 106 valence electrons. The lowest BCUT2D eigenvalue weighted by atomic mass is 10.1. The summed E-state index contributed by atoms with van der Waals surface area (Å²) in [6.07, 6.45) is 0. The Bertz CT molecular complexity index is 737. The maximum atomic E-state index is 5.80. The van der Waals surface area contributed by atoms with E-state index in [4.69, 9.17) is 10.5 Å². The van der Waals surface area contributed by atoms with Crippen LogP contribution in [0.3, 0.4) is 0 Å². The van der Waals surface area contributed by atoms with Gasteiger partial charge in [-0.15, -0.1) is 5.10 Å².